The second-order valence-electron chi connectivity index (χ2n) is 6.42. The van der Waals surface area contributed by atoms with Gasteiger partial charge in [-0.1, -0.05) is 30.0 Å². The van der Waals surface area contributed by atoms with Crippen molar-refractivity contribution >= 4 is 27.3 Å². The van der Waals surface area contributed by atoms with Gasteiger partial charge in [0.05, 0.1) is 14.2 Å². The molecule has 3 aromatic rings. The summed E-state index contributed by atoms with van der Waals surface area (Å²) in [7, 11) is -1.14. The molecule has 0 fully saturated rings. The molecule has 0 amide bonds. The summed E-state index contributed by atoms with van der Waals surface area (Å²) in [6.45, 7) is 0. The molecule has 0 bridgehead atoms. The summed E-state index contributed by atoms with van der Waals surface area (Å²) in [5.74, 6) is 5.78. The fourth-order valence-corrected chi connectivity index (χ4v) is 5.23. The second kappa shape index (κ2) is 10.3. The zero-order valence-electron chi connectivity index (χ0n) is 17.0. The van der Waals surface area contributed by atoms with Crippen LogP contribution in [0.25, 0.3) is 10.4 Å². The van der Waals surface area contributed by atoms with Gasteiger partial charge >= 0.3 is 5.97 Å². The van der Waals surface area contributed by atoms with Crippen molar-refractivity contribution in [1.82, 2.24) is 4.72 Å². The molecule has 0 saturated heterocycles. The first kappa shape index (κ1) is 22.6. The molecule has 0 saturated carbocycles. The molecule has 8 heteroatoms. The van der Waals surface area contributed by atoms with Crippen LogP contribution >= 0.6 is 11.3 Å². The average molecular weight is 456 g/mol. The van der Waals surface area contributed by atoms with Crippen LogP contribution in [0.1, 0.15) is 12.0 Å². The van der Waals surface area contributed by atoms with Crippen LogP contribution in [-0.4, -0.2) is 34.6 Å². The highest BCUT2D eigenvalue weighted by atomic mass is 32.2. The Hall–Kier alpha value is -3.12. The number of carbonyl (C=O) groups is 1. The van der Waals surface area contributed by atoms with Crippen LogP contribution in [0.15, 0.2) is 70.9 Å². The van der Waals surface area contributed by atoms with E-state index in [2.05, 4.69) is 16.6 Å². The third kappa shape index (κ3) is 5.95. The molecule has 0 aliphatic heterocycles. The monoisotopic (exact) mass is 455 g/mol. The molecule has 0 spiro atoms. The van der Waals surface area contributed by atoms with Crippen LogP contribution in [0.5, 0.6) is 5.75 Å². The zero-order valence-corrected chi connectivity index (χ0v) is 18.6. The maximum absolute atomic E-state index is 12.9. The minimum atomic E-state index is -3.93. The molecular weight excluding hydrogens is 434 g/mol. The van der Waals surface area contributed by atoms with Gasteiger partial charge in [-0.3, -0.25) is 4.79 Å². The lowest BCUT2D eigenvalue weighted by Gasteiger charge is -2.13. The van der Waals surface area contributed by atoms with Gasteiger partial charge in [0.15, 0.2) is 0 Å². The molecular formula is C23H21NO5S2. The average Bonchev–Trinajstić information content (AvgIpc) is 3.30. The Balaban J connectivity index is 1.76. The van der Waals surface area contributed by atoms with Gasteiger partial charge in [-0.15, -0.1) is 11.3 Å². The molecule has 1 heterocycles. The molecule has 3 rings (SSSR count). The molecule has 1 N–H and O–H groups in total. The van der Waals surface area contributed by atoms with Crippen molar-refractivity contribution in [1.29, 1.82) is 0 Å². The number of carbonyl (C=O) groups excluding carboxylic acids is 1. The highest BCUT2D eigenvalue weighted by molar-refractivity contribution is 7.91. The first-order valence-electron chi connectivity index (χ1n) is 9.31. The molecule has 0 radical (unpaired) electrons. The quantitative estimate of drug-likeness (QED) is 0.434. The number of methoxy groups -OCH3 is 2. The zero-order chi connectivity index (χ0) is 22.3. The third-order valence-corrected chi connectivity index (χ3v) is 7.41. The Labute approximate surface area is 185 Å². The van der Waals surface area contributed by atoms with Crippen LogP contribution in [0.3, 0.4) is 0 Å². The summed E-state index contributed by atoms with van der Waals surface area (Å²) in [5, 5.41) is 0. The summed E-state index contributed by atoms with van der Waals surface area (Å²) in [6, 6.07) is 18.7. The van der Waals surface area contributed by atoms with Gasteiger partial charge in [0, 0.05) is 16.9 Å². The van der Waals surface area contributed by atoms with E-state index in [0.717, 1.165) is 27.3 Å². The minimum Gasteiger partial charge on any atom is -0.497 e. The number of esters is 1. The Morgan fingerprint density at radius 3 is 2.39 bits per heavy atom. The molecule has 1 atom stereocenters. The molecule has 0 aliphatic rings. The van der Waals surface area contributed by atoms with Crippen LogP contribution in [-0.2, 0) is 19.6 Å². The SMILES string of the molecule is COC(=O)C(CC#Cc1ccccc1)NS(=O)(=O)c1ccc(-c2ccc(OC)cc2)s1. The lowest BCUT2D eigenvalue weighted by atomic mass is 10.2. The van der Waals surface area contributed by atoms with Crippen molar-refractivity contribution in [2.24, 2.45) is 0 Å². The number of rotatable bonds is 7. The topological polar surface area (TPSA) is 81.7 Å². The second-order valence-corrected chi connectivity index (χ2v) is 9.44. The first-order chi connectivity index (χ1) is 14.9. The number of benzene rings is 2. The molecule has 1 aromatic heterocycles. The van der Waals surface area contributed by atoms with Crippen molar-refractivity contribution in [3.8, 4) is 28.0 Å². The van der Waals surface area contributed by atoms with Gasteiger partial charge in [0.2, 0.25) is 0 Å². The lowest BCUT2D eigenvalue weighted by molar-refractivity contribution is -0.142. The van der Waals surface area contributed by atoms with E-state index in [1.165, 1.54) is 13.2 Å². The van der Waals surface area contributed by atoms with Crippen molar-refractivity contribution in [3.05, 3.63) is 72.3 Å². The number of hydrogen-bond acceptors (Lipinski definition) is 6. The molecule has 31 heavy (non-hydrogen) atoms. The lowest BCUT2D eigenvalue weighted by Crippen LogP contribution is -2.40. The van der Waals surface area contributed by atoms with E-state index in [1.54, 1.807) is 25.3 Å². The van der Waals surface area contributed by atoms with E-state index in [-0.39, 0.29) is 10.6 Å². The van der Waals surface area contributed by atoms with Gasteiger partial charge in [-0.05, 0) is 54.1 Å². The summed E-state index contributed by atoms with van der Waals surface area (Å²) in [4.78, 5) is 12.9. The fraction of sp³-hybridized carbons (Fsp3) is 0.174. The number of thiophene rings is 1. The highest BCUT2D eigenvalue weighted by Gasteiger charge is 2.27. The van der Waals surface area contributed by atoms with E-state index >= 15 is 0 Å². The van der Waals surface area contributed by atoms with Crippen molar-refractivity contribution in [2.75, 3.05) is 14.2 Å². The minimum absolute atomic E-state index is 0.0164. The van der Waals surface area contributed by atoms with Gasteiger partial charge in [-0.25, -0.2) is 8.42 Å². The normalized spacial score (nSPS) is 11.8. The van der Waals surface area contributed by atoms with Crippen molar-refractivity contribution in [2.45, 2.75) is 16.7 Å². The van der Waals surface area contributed by atoms with E-state index in [0.29, 0.717) is 5.75 Å². The molecule has 160 valence electrons. The smallest absolute Gasteiger partial charge is 0.324 e. The van der Waals surface area contributed by atoms with E-state index in [4.69, 9.17) is 9.47 Å². The van der Waals surface area contributed by atoms with E-state index in [9.17, 15) is 13.2 Å². The standard InChI is InChI=1S/C23H21NO5S2/c1-28-19-13-11-18(12-14-19)21-15-16-22(30-21)31(26,27)24-20(23(25)29-2)10-6-9-17-7-4-3-5-8-17/h3-5,7-8,11-16,20,24H,10H2,1-2H3. The summed E-state index contributed by atoms with van der Waals surface area (Å²) in [5.41, 5.74) is 1.64. The molecule has 0 aliphatic carbocycles. The summed E-state index contributed by atoms with van der Waals surface area (Å²) < 4.78 is 38.1. The largest absolute Gasteiger partial charge is 0.497 e. The number of nitrogens with one attached hydrogen (secondary N) is 1. The van der Waals surface area contributed by atoms with Gasteiger partial charge in [0.1, 0.15) is 16.0 Å². The molecule has 2 aromatic carbocycles. The summed E-state index contributed by atoms with van der Waals surface area (Å²) >= 11 is 1.11. The molecule has 1 unspecified atom stereocenters. The number of ether oxygens (including phenoxy) is 2. The maximum Gasteiger partial charge on any atom is 0.324 e. The Morgan fingerprint density at radius 2 is 1.74 bits per heavy atom. The molecule has 6 nitrogen and oxygen atoms in total. The van der Waals surface area contributed by atoms with E-state index < -0.39 is 22.0 Å². The third-order valence-electron chi connectivity index (χ3n) is 4.32. The first-order valence-corrected chi connectivity index (χ1v) is 11.6. The Kier molecular flexibility index (Phi) is 7.47. The van der Waals surface area contributed by atoms with Gasteiger partial charge in [0.25, 0.3) is 10.0 Å². The highest BCUT2D eigenvalue weighted by Crippen LogP contribution is 2.31. The predicted octanol–water partition coefficient (Wildman–Crippen LogP) is 3.69. The van der Waals surface area contributed by atoms with Gasteiger partial charge < -0.3 is 9.47 Å². The van der Waals surface area contributed by atoms with Crippen LogP contribution in [0.2, 0.25) is 0 Å². The Bertz CT molecular complexity index is 1190. The van der Waals surface area contributed by atoms with Crippen LogP contribution in [0.4, 0.5) is 0 Å². The predicted molar refractivity (Wildman–Crippen MR) is 120 cm³/mol. The summed E-state index contributed by atoms with van der Waals surface area (Å²) in [6.07, 6.45) is -0.0164. The number of hydrogen-bond donors (Lipinski definition) is 1. The van der Waals surface area contributed by atoms with E-state index in [1.807, 2.05) is 42.5 Å². The van der Waals surface area contributed by atoms with Crippen LogP contribution in [0, 0.1) is 11.8 Å². The maximum atomic E-state index is 12.9. The van der Waals surface area contributed by atoms with Crippen LogP contribution < -0.4 is 9.46 Å². The number of sulfonamides is 1. The van der Waals surface area contributed by atoms with Crippen molar-refractivity contribution in [3.63, 3.8) is 0 Å². The van der Waals surface area contributed by atoms with Crippen molar-refractivity contribution < 1.29 is 22.7 Å². The Morgan fingerprint density at radius 1 is 1.03 bits per heavy atom. The van der Waals surface area contributed by atoms with Gasteiger partial charge in [-0.2, -0.15) is 4.72 Å². The fourth-order valence-electron chi connectivity index (χ4n) is 2.71.